The Labute approximate surface area is 167 Å². The van der Waals surface area contributed by atoms with Crippen LogP contribution >= 0.6 is 0 Å². The molecule has 5 heteroatoms. The van der Waals surface area contributed by atoms with Crippen LogP contribution in [-0.2, 0) is 10.2 Å². The van der Waals surface area contributed by atoms with E-state index < -0.39 is 5.41 Å². The number of hydrogen-bond donors (Lipinski definition) is 2. The highest BCUT2D eigenvalue weighted by atomic mass is 16.2. The number of carbonyl (C=O) groups is 1. The van der Waals surface area contributed by atoms with E-state index in [0.29, 0.717) is 0 Å². The fraction of sp³-hybridized carbons (Fsp3) is 0.125. The van der Waals surface area contributed by atoms with Crippen molar-refractivity contribution in [3.8, 4) is 0 Å². The number of rotatable bonds is 3. The summed E-state index contributed by atoms with van der Waals surface area (Å²) in [5.41, 5.74) is 6.46. The number of aromatic nitrogens is 3. The van der Waals surface area contributed by atoms with Gasteiger partial charge < -0.3 is 5.32 Å². The van der Waals surface area contributed by atoms with Crippen molar-refractivity contribution in [2.24, 2.45) is 0 Å². The minimum atomic E-state index is -0.423. The van der Waals surface area contributed by atoms with Crippen molar-refractivity contribution in [3.05, 3.63) is 96.0 Å². The van der Waals surface area contributed by atoms with Crippen molar-refractivity contribution in [2.75, 3.05) is 5.32 Å². The van der Waals surface area contributed by atoms with Crippen LogP contribution in [0.5, 0.6) is 0 Å². The molecule has 140 valence electrons. The lowest BCUT2D eigenvalue weighted by atomic mass is 9.91. The second-order valence-corrected chi connectivity index (χ2v) is 7.82. The molecule has 1 spiro atoms. The van der Waals surface area contributed by atoms with Gasteiger partial charge >= 0.3 is 0 Å². The topological polar surface area (TPSA) is 70.7 Å². The highest BCUT2D eigenvalue weighted by Gasteiger charge is 2.65. The standard InChI is InChI=1S/C24H18N4O/c1-14(15-8-10-25-11-9-15)22-17-7-6-16(12-21(17)27-28-22)19-13-24(19)18-4-2-3-5-20(18)26-23(24)29/h2-12,19H,1,13H2,(H,26,29)(H,27,28)/t19-,24-/m0/s1. The Balaban J connectivity index is 1.37. The van der Waals surface area contributed by atoms with Crippen molar-refractivity contribution in [1.82, 2.24) is 15.2 Å². The lowest BCUT2D eigenvalue weighted by Crippen LogP contribution is -2.20. The number of nitrogens with one attached hydrogen (secondary N) is 2. The molecule has 0 saturated heterocycles. The van der Waals surface area contributed by atoms with Gasteiger partial charge in [-0.05, 0) is 47.4 Å². The Morgan fingerprint density at radius 2 is 1.93 bits per heavy atom. The minimum Gasteiger partial charge on any atom is -0.325 e. The van der Waals surface area contributed by atoms with Crippen LogP contribution in [0.1, 0.15) is 34.7 Å². The van der Waals surface area contributed by atoms with E-state index in [-0.39, 0.29) is 11.8 Å². The van der Waals surface area contributed by atoms with Gasteiger partial charge in [-0.2, -0.15) is 5.10 Å². The normalized spacial score (nSPS) is 21.9. The third-order valence-electron chi connectivity index (χ3n) is 6.33. The van der Waals surface area contributed by atoms with Gasteiger partial charge in [-0.3, -0.25) is 14.9 Å². The van der Waals surface area contributed by atoms with E-state index in [1.54, 1.807) is 12.4 Å². The second-order valence-electron chi connectivity index (χ2n) is 7.82. The Kier molecular flexibility index (Phi) is 3.16. The summed E-state index contributed by atoms with van der Waals surface area (Å²) >= 11 is 0. The summed E-state index contributed by atoms with van der Waals surface area (Å²) in [7, 11) is 0. The number of fused-ring (bicyclic) bond motifs is 3. The quantitative estimate of drug-likeness (QED) is 0.555. The van der Waals surface area contributed by atoms with Gasteiger partial charge in [0.25, 0.3) is 0 Å². The number of pyridine rings is 1. The van der Waals surface area contributed by atoms with E-state index in [0.717, 1.165) is 51.0 Å². The fourth-order valence-corrected chi connectivity index (χ4v) is 4.73. The van der Waals surface area contributed by atoms with Gasteiger partial charge in [-0.25, -0.2) is 0 Å². The molecule has 3 heterocycles. The van der Waals surface area contributed by atoms with Crippen LogP contribution in [0.15, 0.2) is 73.6 Å². The van der Waals surface area contributed by atoms with Gasteiger partial charge in [0.1, 0.15) is 0 Å². The van der Waals surface area contributed by atoms with Crippen molar-refractivity contribution >= 4 is 28.1 Å². The molecule has 2 aromatic carbocycles. The molecule has 0 radical (unpaired) electrons. The first-order valence-corrected chi connectivity index (χ1v) is 9.67. The van der Waals surface area contributed by atoms with E-state index in [2.05, 4.69) is 51.3 Å². The minimum absolute atomic E-state index is 0.111. The Hall–Kier alpha value is -3.73. The summed E-state index contributed by atoms with van der Waals surface area (Å²) in [5, 5.41) is 11.7. The molecule has 5 nitrogen and oxygen atoms in total. The molecule has 29 heavy (non-hydrogen) atoms. The van der Waals surface area contributed by atoms with Crippen LogP contribution in [0, 0.1) is 0 Å². The van der Waals surface area contributed by atoms with Gasteiger partial charge in [-0.15, -0.1) is 0 Å². The SMILES string of the molecule is C=C(c1ccncc1)c1n[nH]c2cc([C@@H]3C[C@@]34C(=O)Nc3ccccc34)ccc12. The predicted molar refractivity (Wildman–Crippen MR) is 113 cm³/mol. The molecular weight excluding hydrogens is 360 g/mol. The Morgan fingerprint density at radius 3 is 2.79 bits per heavy atom. The molecule has 2 aromatic heterocycles. The molecule has 1 fully saturated rings. The van der Waals surface area contributed by atoms with E-state index in [9.17, 15) is 4.79 Å². The van der Waals surface area contributed by atoms with Crippen LogP contribution in [-0.4, -0.2) is 21.1 Å². The Bertz CT molecular complexity index is 1310. The van der Waals surface area contributed by atoms with Crippen molar-refractivity contribution in [1.29, 1.82) is 0 Å². The van der Waals surface area contributed by atoms with Crippen LogP contribution in [0.2, 0.25) is 0 Å². The molecule has 1 saturated carbocycles. The number of anilines is 1. The number of benzene rings is 2. The summed E-state index contributed by atoms with van der Waals surface area (Å²) in [6, 6.07) is 18.2. The van der Waals surface area contributed by atoms with Crippen molar-refractivity contribution < 1.29 is 4.79 Å². The van der Waals surface area contributed by atoms with Gasteiger partial charge in [0.2, 0.25) is 5.91 Å². The lowest BCUT2D eigenvalue weighted by Gasteiger charge is -2.09. The van der Waals surface area contributed by atoms with E-state index in [4.69, 9.17) is 0 Å². The van der Waals surface area contributed by atoms with Crippen molar-refractivity contribution in [2.45, 2.75) is 17.8 Å². The number of aromatic amines is 1. The molecular formula is C24H18N4O. The molecule has 1 amide bonds. The maximum atomic E-state index is 12.8. The number of nitrogens with zero attached hydrogens (tertiary/aromatic N) is 2. The van der Waals surface area contributed by atoms with Crippen molar-refractivity contribution in [3.63, 3.8) is 0 Å². The largest absolute Gasteiger partial charge is 0.325 e. The van der Waals surface area contributed by atoms with Crippen LogP contribution in [0.25, 0.3) is 16.5 Å². The maximum absolute atomic E-state index is 12.8. The van der Waals surface area contributed by atoms with E-state index in [1.165, 1.54) is 0 Å². The molecule has 0 unspecified atom stereocenters. The molecule has 1 aliphatic carbocycles. The number of para-hydroxylation sites is 1. The van der Waals surface area contributed by atoms with Gasteiger partial charge in [0.05, 0.1) is 16.6 Å². The van der Waals surface area contributed by atoms with Crippen LogP contribution in [0.4, 0.5) is 5.69 Å². The average Bonchev–Trinajstić information content (AvgIpc) is 3.28. The zero-order valence-electron chi connectivity index (χ0n) is 15.6. The van der Waals surface area contributed by atoms with Gasteiger partial charge in [0.15, 0.2) is 0 Å². The number of carbonyl (C=O) groups excluding carboxylic acids is 1. The van der Waals surface area contributed by atoms with Crippen LogP contribution < -0.4 is 5.32 Å². The monoisotopic (exact) mass is 378 g/mol. The molecule has 4 aromatic rings. The summed E-state index contributed by atoms with van der Waals surface area (Å²) < 4.78 is 0. The first kappa shape index (κ1) is 16.2. The first-order chi connectivity index (χ1) is 14.2. The van der Waals surface area contributed by atoms with E-state index >= 15 is 0 Å². The number of H-pyrrole nitrogens is 1. The Morgan fingerprint density at radius 1 is 1.10 bits per heavy atom. The number of hydrogen-bond acceptors (Lipinski definition) is 3. The third-order valence-corrected chi connectivity index (χ3v) is 6.33. The predicted octanol–water partition coefficient (Wildman–Crippen LogP) is 4.40. The molecule has 2 atom stereocenters. The highest BCUT2D eigenvalue weighted by molar-refractivity contribution is 6.10. The maximum Gasteiger partial charge on any atom is 0.235 e. The molecule has 6 rings (SSSR count). The molecule has 1 aliphatic heterocycles. The summed E-state index contributed by atoms with van der Waals surface area (Å²) in [4.78, 5) is 16.8. The zero-order chi connectivity index (χ0) is 19.6. The average molecular weight is 378 g/mol. The summed E-state index contributed by atoms with van der Waals surface area (Å²) in [6.07, 6.45) is 4.35. The lowest BCUT2D eigenvalue weighted by molar-refractivity contribution is -0.118. The second kappa shape index (κ2) is 5.64. The molecule has 0 bridgehead atoms. The smallest absolute Gasteiger partial charge is 0.235 e. The summed E-state index contributed by atoms with van der Waals surface area (Å²) in [5.74, 6) is 0.297. The first-order valence-electron chi connectivity index (χ1n) is 9.67. The third kappa shape index (κ3) is 2.18. The van der Waals surface area contributed by atoms with Gasteiger partial charge in [-0.1, -0.05) is 36.9 Å². The zero-order valence-corrected chi connectivity index (χ0v) is 15.6. The number of amides is 1. The molecule has 2 N–H and O–H groups in total. The molecule has 2 aliphatic rings. The van der Waals surface area contributed by atoms with Crippen LogP contribution in [0.3, 0.4) is 0 Å². The fourth-order valence-electron chi connectivity index (χ4n) is 4.73. The van der Waals surface area contributed by atoms with E-state index in [1.807, 2.05) is 30.3 Å². The highest BCUT2D eigenvalue weighted by Crippen LogP contribution is 2.64. The summed E-state index contributed by atoms with van der Waals surface area (Å²) in [6.45, 7) is 4.22. The van der Waals surface area contributed by atoms with Gasteiger partial charge in [0, 0.05) is 35.0 Å².